The number of hydrogen-bond acceptors (Lipinski definition) is 4. The van der Waals surface area contributed by atoms with Crippen LogP contribution in [0.2, 0.25) is 0 Å². The van der Waals surface area contributed by atoms with E-state index < -0.39 is 0 Å². The summed E-state index contributed by atoms with van der Waals surface area (Å²) in [6.07, 6.45) is 0.279. The Balaban J connectivity index is 2.34. The van der Waals surface area contributed by atoms with Crippen molar-refractivity contribution in [3.05, 3.63) is 10.4 Å². The first-order chi connectivity index (χ1) is 6.27. The van der Waals surface area contributed by atoms with E-state index in [4.69, 9.17) is 20.1 Å². The molecule has 1 fully saturated rings. The molecule has 0 aliphatic carbocycles. The van der Waals surface area contributed by atoms with Crippen LogP contribution in [0.4, 0.5) is 0 Å². The molecule has 0 aromatic carbocycles. The van der Waals surface area contributed by atoms with E-state index >= 15 is 0 Å². The SMILES string of the molecule is B[C@H]1CC(OCN=[N+]=[N-])[C@@H](CO)O1. The quantitative estimate of drug-likeness (QED) is 0.274. The molecular weight excluding hydrogens is 173 g/mol. The van der Waals surface area contributed by atoms with E-state index in [0.29, 0.717) is 0 Å². The highest BCUT2D eigenvalue weighted by molar-refractivity contribution is 6.11. The van der Waals surface area contributed by atoms with E-state index in [-0.39, 0.29) is 31.5 Å². The largest absolute Gasteiger partial charge is 0.394 e. The maximum absolute atomic E-state index is 8.90. The second-order valence-electron chi connectivity index (χ2n) is 2.97. The lowest BCUT2D eigenvalue weighted by Gasteiger charge is -2.15. The molecule has 3 atom stereocenters. The predicted molar refractivity (Wildman–Crippen MR) is 47.8 cm³/mol. The lowest BCUT2D eigenvalue weighted by Crippen LogP contribution is -2.27. The first-order valence-electron chi connectivity index (χ1n) is 4.16. The molecule has 7 heteroatoms. The molecule has 13 heavy (non-hydrogen) atoms. The molecule has 1 heterocycles. The van der Waals surface area contributed by atoms with Crippen LogP contribution >= 0.6 is 0 Å². The van der Waals surface area contributed by atoms with Crippen LogP contribution in [0.1, 0.15) is 6.42 Å². The van der Waals surface area contributed by atoms with E-state index in [9.17, 15) is 0 Å². The van der Waals surface area contributed by atoms with E-state index in [1.807, 2.05) is 7.85 Å². The Bertz CT molecular complexity index is 209. The van der Waals surface area contributed by atoms with Gasteiger partial charge in [-0.1, -0.05) is 5.11 Å². The Morgan fingerprint density at radius 2 is 2.54 bits per heavy atom. The minimum absolute atomic E-state index is 0.00620. The van der Waals surface area contributed by atoms with Crippen molar-refractivity contribution in [3.63, 3.8) is 0 Å². The number of hydrogen-bond donors (Lipinski definition) is 1. The van der Waals surface area contributed by atoms with Gasteiger partial charge in [-0.3, -0.25) is 0 Å². The first kappa shape index (κ1) is 10.3. The number of azide groups is 1. The lowest BCUT2D eigenvalue weighted by atomic mass is 9.96. The van der Waals surface area contributed by atoms with Crippen molar-refractivity contribution < 1.29 is 14.6 Å². The molecular formula is C6H12BN3O3. The molecule has 0 amide bonds. The summed E-state index contributed by atoms with van der Waals surface area (Å²) in [6.45, 7) is -0.0704. The summed E-state index contributed by atoms with van der Waals surface area (Å²) in [5.41, 5.74) is 8.01. The minimum atomic E-state index is -0.288. The molecule has 0 spiro atoms. The Morgan fingerprint density at radius 1 is 1.77 bits per heavy atom. The molecule has 1 unspecified atom stereocenters. The van der Waals surface area contributed by atoms with Gasteiger partial charge in [0, 0.05) is 10.9 Å². The van der Waals surface area contributed by atoms with Gasteiger partial charge in [-0.15, -0.1) is 0 Å². The highest BCUT2D eigenvalue weighted by Crippen LogP contribution is 2.20. The third-order valence-electron chi connectivity index (χ3n) is 1.98. The molecule has 1 saturated heterocycles. The van der Waals surface area contributed by atoms with Gasteiger partial charge in [-0.2, -0.15) is 0 Å². The van der Waals surface area contributed by atoms with Gasteiger partial charge in [-0.25, -0.2) is 0 Å². The van der Waals surface area contributed by atoms with Gasteiger partial charge >= 0.3 is 0 Å². The van der Waals surface area contributed by atoms with Crippen LogP contribution in [0, 0.1) is 0 Å². The molecule has 1 aliphatic rings. The summed E-state index contributed by atoms with van der Waals surface area (Å²) in [6, 6.07) is 0.0909. The van der Waals surface area contributed by atoms with Gasteiger partial charge in [0.05, 0.1) is 12.7 Å². The lowest BCUT2D eigenvalue weighted by molar-refractivity contribution is -0.0354. The van der Waals surface area contributed by atoms with E-state index in [1.165, 1.54) is 0 Å². The van der Waals surface area contributed by atoms with Crippen LogP contribution in [0.3, 0.4) is 0 Å². The Hall–Kier alpha value is -0.745. The van der Waals surface area contributed by atoms with Gasteiger partial charge in [0.25, 0.3) is 0 Å². The normalized spacial score (nSPS) is 32.8. The zero-order valence-electron chi connectivity index (χ0n) is 7.46. The molecule has 0 bridgehead atoms. The van der Waals surface area contributed by atoms with Crippen LogP contribution in [-0.2, 0) is 9.47 Å². The maximum Gasteiger partial charge on any atom is 0.139 e. The monoisotopic (exact) mass is 185 g/mol. The average molecular weight is 185 g/mol. The second kappa shape index (κ2) is 5.09. The van der Waals surface area contributed by atoms with Gasteiger partial charge in [-0.05, 0) is 12.0 Å². The fraction of sp³-hybridized carbons (Fsp3) is 1.00. The zero-order chi connectivity index (χ0) is 9.68. The topological polar surface area (TPSA) is 87.5 Å². The molecule has 1 N–H and O–H groups in total. The molecule has 1 aliphatic heterocycles. The smallest absolute Gasteiger partial charge is 0.139 e. The molecule has 0 aromatic rings. The van der Waals surface area contributed by atoms with E-state index in [2.05, 4.69) is 10.0 Å². The van der Waals surface area contributed by atoms with Gasteiger partial charge < -0.3 is 14.6 Å². The molecule has 1 rings (SSSR count). The fourth-order valence-electron chi connectivity index (χ4n) is 1.41. The summed E-state index contributed by atoms with van der Waals surface area (Å²) in [4.78, 5) is 2.56. The van der Waals surface area contributed by atoms with Crippen LogP contribution < -0.4 is 0 Å². The van der Waals surface area contributed by atoms with Crippen molar-refractivity contribution in [2.75, 3.05) is 13.3 Å². The van der Waals surface area contributed by atoms with Crippen molar-refractivity contribution in [3.8, 4) is 0 Å². The molecule has 72 valence electrons. The highest BCUT2D eigenvalue weighted by atomic mass is 16.6. The van der Waals surface area contributed by atoms with Crippen molar-refractivity contribution in [2.45, 2.75) is 24.6 Å². The third kappa shape index (κ3) is 2.89. The van der Waals surface area contributed by atoms with Crippen molar-refractivity contribution in [2.24, 2.45) is 5.11 Å². The fourth-order valence-corrected chi connectivity index (χ4v) is 1.41. The van der Waals surface area contributed by atoms with Gasteiger partial charge in [0.2, 0.25) is 0 Å². The Morgan fingerprint density at radius 3 is 3.15 bits per heavy atom. The number of aliphatic hydroxyl groups excluding tert-OH is 1. The summed E-state index contributed by atoms with van der Waals surface area (Å²) in [7, 11) is 1.92. The van der Waals surface area contributed by atoms with Crippen LogP contribution in [0.15, 0.2) is 5.11 Å². The number of nitrogens with zero attached hydrogens (tertiary/aromatic N) is 3. The summed E-state index contributed by atoms with van der Waals surface area (Å²) in [5.74, 6) is 0. The van der Waals surface area contributed by atoms with Crippen molar-refractivity contribution in [1.82, 2.24) is 0 Å². The number of ether oxygens (including phenoxy) is 2. The van der Waals surface area contributed by atoms with Gasteiger partial charge in [0.15, 0.2) is 0 Å². The van der Waals surface area contributed by atoms with Crippen molar-refractivity contribution in [1.29, 1.82) is 0 Å². The second-order valence-corrected chi connectivity index (χ2v) is 2.97. The minimum Gasteiger partial charge on any atom is -0.394 e. The molecule has 0 radical (unpaired) electrons. The average Bonchev–Trinajstić information content (AvgIpc) is 2.47. The van der Waals surface area contributed by atoms with Crippen LogP contribution in [-0.4, -0.2) is 44.5 Å². The third-order valence-corrected chi connectivity index (χ3v) is 1.98. The Kier molecular flexibility index (Phi) is 4.04. The molecule has 0 saturated carbocycles. The number of aliphatic hydroxyl groups is 1. The Labute approximate surface area is 76.9 Å². The summed E-state index contributed by atoms with van der Waals surface area (Å²) >= 11 is 0. The van der Waals surface area contributed by atoms with Crippen LogP contribution in [0.25, 0.3) is 10.4 Å². The van der Waals surface area contributed by atoms with Crippen LogP contribution in [0.5, 0.6) is 0 Å². The highest BCUT2D eigenvalue weighted by Gasteiger charge is 2.32. The molecule has 0 aromatic heterocycles. The maximum atomic E-state index is 8.90. The summed E-state index contributed by atoms with van der Waals surface area (Å²) < 4.78 is 10.6. The molecule has 6 nitrogen and oxygen atoms in total. The van der Waals surface area contributed by atoms with E-state index in [0.717, 1.165) is 6.42 Å². The zero-order valence-corrected chi connectivity index (χ0v) is 7.46. The van der Waals surface area contributed by atoms with Crippen molar-refractivity contribution >= 4 is 7.85 Å². The van der Waals surface area contributed by atoms with E-state index in [1.54, 1.807) is 0 Å². The summed E-state index contributed by atoms with van der Waals surface area (Å²) in [5, 5.41) is 12.2. The van der Waals surface area contributed by atoms with Gasteiger partial charge in [0.1, 0.15) is 20.7 Å². The first-order valence-corrected chi connectivity index (χ1v) is 4.16. The predicted octanol–water partition coefficient (Wildman–Crippen LogP) is -0.620. The standard InChI is InChI=1S/C6H12BN3O3/c7-6-1-4(5(2-11)13-6)12-3-9-10-8/h4-6,11H,1-3,7H2/t4?,5-,6-/m1/s1. The number of rotatable bonds is 4.